The predicted octanol–water partition coefficient (Wildman–Crippen LogP) is 1.06. The van der Waals surface area contributed by atoms with Gasteiger partial charge in [0.2, 0.25) is 0 Å². The Morgan fingerprint density at radius 3 is 2.43 bits per heavy atom. The second kappa shape index (κ2) is 6.18. The van der Waals surface area contributed by atoms with E-state index in [1.807, 2.05) is 0 Å². The van der Waals surface area contributed by atoms with E-state index >= 15 is 0 Å². The average molecular weight is 311 g/mol. The van der Waals surface area contributed by atoms with Crippen LogP contribution in [0.4, 0.5) is 0 Å². The standard InChI is InChI=1S/C16H13N3O4/c20-14(17-18-15(21)11-6-2-1-3-7-11)10-19-12-8-4-5-9-13(12)23-16(19)22/h1-9H,10H2,(H,17,20)(H,18,21). The van der Waals surface area contributed by atoms with Crippen LogP contribution >= 0.6 is 0 Å². The molecule has 0 aliphatic carbocycles. The summed E-state index contributed by atoms with van der Waals surface area (Å²) in [6.45, 7) is -0.259. The van der Waals surface area contributed by atoms with Gasteiger partial charge in [-0.15, -0.1) is 0 Å². The number of carbonyl (C=O) groups is 2. The number of nitrogens with one attached hydrogen (secondary N) is 2. The number of oxazole rings is 1. The molecule has 3 aromatic rings. The van der Waals surface area contributed by atoms with Crippen molar-refractivity contribution in [1.82, 2.24) is 15.4 Å². The first-order valence-electron chi connectivity index (χ1n) is 6.88. The van der Waals surface area contributed by atoms with Crippen LogP contribution in [0.3, 0.4) is 0 Å². The lowest BCUT2D eigenvalue weighted by Gasteiger charge is -2.07. The molecule has 7 heteroatoms. The first-order chi connectivity index (χ1) is 11.1. The van der Waals surface area contributed by atoms with Crippen molar-refractivity contribution in [2.45, 2.75) is 6.54 Å². The summed E-state index contributed by atoms with van der Waals surface area (Å²) in [5.74, 6) is -1.61. The van der Waals surface area contributed by atoms with Crippen molar-refractivity contribution in [1.29, 1.82) is 0 Å². The van der Waals surface area contributed by atoms with Crippen molar-refractivity contribution in [3.8, 4) is 0 Å². The first kappa shape index (κ1) is 14.6. The Morgan fingerprint density at radius 1 is 0.957 bits per heavy atom. The van der Waals surface area contributed by atoms with Gasteiger partial charge in [-0.3, -0.25) is 25.0 Å². The molecule has 3 rings (SSSR count). The van der Waals surface area contributed by atoms with E-state index in [1.165, 1.54) is 4.57 Å². The predicted molar refractivity (Wildman–Crippen MR) is 82.5 cm³/mol. The van der Waals surface area contributed by atoms with E-state index in [1.54, 1.807) is 54.6 Å². The molecular formula is C16H13N3O4. The van der Waals surface area contributed by atoms with E-state index in [9.17, 15) is 14.4 Å². The number of amides is 2. The number of rotatable bonds is 3. The minimum absolute atomic E-state index is 0.259. The first-order valence-corrected chi connectivity index (χ1v) is 6.88. The molecule has 2 amide bonds. The van der Waals surface area contributed by atoms with Crippen LogP contribution in [0.25, 0.3) is 11.1 Å². The summed E-state index contributed by atoms with van der Waals surface area (Å²) in [5, 5.41) is 0. The molecule has 0 spiro atoms. The second-order valence-electron chi connectivity index (χ2n) is 4.79. The van der Waals surface area contributed by atoms with E-state index in [4.69, 9.17) is 4.42 Å². The molecule has 0 radical (unpaired) electrons. The van der Waals surface area contributed by atoms with Crippen LogP contribution in [0.2, 0.25) is 0 Å². The summed E-state index contributed by atoms with van der Waals surface area (Å²) >= 11 is 0. The maximum atomic E-state index is 11.9. The smallest absolute Gasteiger partial charge is 0.408 e. The zero-order chi connectivity index (χ0) is 16.2. The number of benzene rings is 2. The van der Waals surface area contributed by atoms with E-state index in [2.05, 4.69) is 10.9 Å². The van der Waals surface area contributed by atoms with Gasteiger partial charge in [-0.05, 0) is 24.3 Å². The summed E-state index contributed by atoms with van der Waals surface area (Å²) in [5.41, 5.74) is 5.90. The van der Waals surface area contributed by atoms with Gasteiger partial charge < -0.3 is 4.42 Å². The number of fused-ring (bicyclic) bond motifs is 1. The van der Waals surface area contributed by atoms with Crippen molar-refractivity contribution in [2.24, 2.45) is 0 Å². The molecular weight excluding hydrogens is 298 g/mol. The maximum Gasteiger partial charge on any atom is 0.420 e. The Hall–Kier alpha value is -3.35. The largest absolute Gasteiger partial charge is 0.420 e. The minimum Gasteiger partial charge on any atom is -0.408 e. The van der Waals surface area contributed by atoms with Crippen LogP contribution in [0.5, 0.6) is 0 Å². The Balaban J connectivity index is 1.66. The fourth-order valence-electron chi connectivity index (χ4n) is 2.13. The highest BCUT2D eigenvalue weighted by Gasteiger charge is 2.13. The van der Waals surface area contributed by atoms with Crippen molar-refractivity contribution >= 4 is 22.9 Å². The van der Waals surface area contributed by atoms with Gasteiger partial charge in [-0.25, -0.2) is 4.79 Å². The molecule has 0 aliphatic heterocycles. The highest BCUT2D eigenvalue weighted by atomic mass is 16.4. The van der Waals surface area contributed by atoms with Crippen LogP contribution in [0.1, 0.15) is 10.4 Å². The zero-order valence-corrected chi connectivity index (χ0v) is 12.0. The molecule has 0 bridgehead atoms. The summed E-state index contributed by atoms with van der Waals surface area (Å²) in [7, 11) is 0. The molecule has 116 valence electrons. The van der Waals surface area contributed by atoms with Gasteiger partial charge in [0, 0.05) is 5.56 Å². The van der Waals surface area contributed by atoms with Crippen LogP contribution in [0, 0.1) is 0 Å². The summed E-state index contributed by atoms with van der Waals surface area (Å²) < 4.78 is 6.23. The van der Waals surface area contributed by atoms with Crippen LogP contribution in [-0.2, 0) is 11.3 Å². The van der Waals surface area contributed by atoms with Gasteiger partial charge >= 0.3 is 5.76 Å². The summed E-state index contributed by atoms with van der Waals surface area (Å²) in [4.78, 5) is 35.5. The lowest BCUT2D eigenvalue weighted by Crippen LogP contribution is -2.43. The summed E-state index contributed by atoms with van der Waals surface area (Å²) in [6.07, 6.45) is 0. The van der Waals surface area contributed by atoms with Crippen LogP contribution in [0.15, 0.2) is 63.8 Å². The number of carbonyl (C=O) groups excluding carboxylic acids is 2. The van der Waals surface area contributed by atoms with Crippen LogP contribution in [-0.4, -0.2) is 16.4 Å². The molecule has 2 N–H and O–H groups in total. The molecule has 0 unspecified atom stereocenters. The van der Waals surface area contributed by atoms with Crippen molar-refractivity contribution in [2.75, 3.05) is 0 Å². The molecule has 23 heavy (non-hydrogen) atoms. The van der Waals surface area contributed by atoms with E-state index in [-0.39, 0.29) is 6.54 Å². The molecule has 7 nitrogen and oxygen atoms in total. The fourth-order valence-corrected chi connectivity index (χ4v) is 2.13. The maximum absolute atomic E-state index is 11.9. The molecule has 1 heterocycles. The van der Waals surface area contributed by atoms with Gasteiger partial charge in [0.05, 0.1) is 5.52 Å². The topological polar surface area (TPSA) is 93.3 Å². The Labute approximate surface area is 130 Å². The lowest BCUT2D eigenvalue weighted by atomic mass is 10.2. The number of para-hydroxylation sites is 2. The highest BCUT2D eigenvalue weighted by Crippen LogP contribution is 2.11. The molecule has 0 saturated heterocycles. The third kappa shape index (κ3) is 3.13. The fraction of sp³-hybridized carbons (Fsp3) is 0.0625. The Kier molecular flexibility index (Phi) is 3.92. The van der Waals surface area contributed by atoms with E-state index in [0.29, 0.717) is 16.7 Å². The molecule has 0 saturated carbocycles. The lowest BCUT2D eigenvalue weighted by molar-refractivity contribution is -0.122. The quantitative estimate of drug-likeness (QED) is 0.707. The number of hydrogen-bond donors (Lipinski definition) is 2. The molecule has 0 fully saturated rings. The molecule has 1 aromatic heterocycles. The third-order valence-electron chi connectivity index (χ3n) is 3.23. The second-order valence-corrected chi connectivity index (χ2v) is 4.79. The van der Waals surface area contributed by atoms with Gasteiger partial charge in [0.1, 0.15) is 6.54 Å². The van der Waals surface area contributed by atoms with Gasteiger partial charge in [-0.2, -0.15) is 0 Å². The van der Waals surface area contributed by atoms with Gasteiger partial charge in [0.15, 0.2) is 5.58 Å². The molecule has 0 aliphatic rings. The number of nitrogens with zero attached hydrogens (tertiary/aromatic N) is 1. The normalized spacial score (nSPS) is 10.4. The SMILES string of the molecule is O=C(Cn1c(=O)oc2ccccc21)NNC(=O)c1ccccc1. The number of hydrogen-bond acceptors (Lipinski definition) is 4. The van der Waals surface area contributed by atoms with Gasteiger partial charge in [-0.1, -0.05) is 30.3 Å². The van der Waals surface area contributed by atoms with Crippen molar-refractivity contribution < 1.29 is 14.0 Å². The third-order valence-corrected chi connectivity index (χ3v) is 3.23. The molecule has 2 aromatic carbocycles. The van der Waals surface area contributed by atoms with E-state index < -0.39 is 17.6 Å². The highest BCUT2D eigenvalue weighted by molar-refractivity contribution is 5.95. The Bertz CT molecular complexity index is 912. The van der Waals surface area contributed by atoms with E-state index in [0.717, 1.165) is 0 Å². The monoisotopic (exact) mass is 311 g/mol. The van der Waals surface area contributed by atoms with Crippen molar-refractivity contribution in [3.05, 3.63) is 70.7 Å². The van der Waals surface area contributed by atoms with Crippen molar-refractivity contribution in [3.63, 3.8) is 0 Å². The zero-order valence-electron chi connectivity index (χ0n) is 12.0. The Morgan fingerprint density at radius 2 is 1.65 bits per heavy atom. The number of hydrazine groups is 1. The van der Waals surface area contributed by atoms with Gasteiger partial charge in [0.25, 0.3) is 11.8 Å². The van der Waals surface area contributed by atoms with Crippen LogP contribution < -0.4 is 16.6 Å². The molecule has 0 atom stereocenters. The average Bonchev–Trinajstić information content (AvgIpc) is 2.89. The minimum atomic E-state index is -0.629. The number of aromatic nitrogens is 1. The summed E-state index contributed by atoms with van der Waals surface area (Å²) in [6, 6.07) is 15.2.